The van der Waals surface area contributed by atoms with Crippen molar-refractivity contribution in [2.75, 3.05) is 18.0 Å². The molecule has 6 nitrogen and oxygen atoms in total. The summed E-state index contributed by atoms with van der Waals surface area (Å²) in [6, 6.07) is 3.30. The minimum atomic E-state index is -0.444. The third-order valence-corrected chi connectivity index (χ3v) is 3.28. The lowest BCUT2D eigenvalue weighted by atomic mass is 9.94. The summed E-state index contributed by atoms with van der Waals surface area (Å²) in [5.41, 5.74) is 6.02. The van der Waals surface area contributed by atoms with Crippen molar-refractivity contribution in [3.05, 3.63) is 28.4 Å². The number of piperidine rings is 1. The van der Waals surface area contributed by atoms with Gasteiger partial charge in [-0.3, -0.25) is 10.1 Å². The van der Waals surface area contributed by atoms with E-state index in [0.29, 0.717) is 5.92 Å². The Hall–Kier alpha value is -1.69. The maximum absolute atomic E-state index is 10.5. The molecule has 0 spiro atoms. The molecule has 6 heteroatoms. The number of nitrogens with zero attached hydrogens (tertiary/aromatic N) is 3. The number of aromatic nitrogens is 1. The summed E-state index contributed by atoms with van der Waals surface area (Å²) in [6.07, 6.45) is 2.32. The van der Waals surface area contributed by atoms with Crippen LogP contribution in [0, 0.1) is 16.0 Å². The van der Waals surface area contributed by atoms with E-state index in [1.807, 2.05) is 0 Å². The molecule has 1 aromatic rings. The second-order valence-electron chi connectivity index (χ2n) is 4.51. The van der Waals surface area contributed by atoms with Crippen molar-refractivity contribution in [2.45, 2.75) is 19.4 Å². The van der Waals surface area contributed by atoms with Crippen LogP contribution in [0.4, 0.5) is 11.5 Å². The van der Waals surface area contributed by atoms with Crippen LogP contribution in [0.1, 0.15) is 13.3 Å². The van der Waals surface area contributed by atoms with E-state index in [9.17, 15) is 10.1 Å². The molecular formula is C11H16N4O2. The standard InChI is InChI=1S/C11H16N4O2/c1-8-4-5-14(7-10(8)12)11-3-2-9(6-13-11)15(16)17/h2-3,6,8,10H,4-5,7,12H2,1H3. The zero-order chi connectivity index (χ0) is 12.4. The molecule has 2 N–H and O–H groups in total. The fraction of sp³-hybridized carbons (Fsp3) is 0.545. The van der Waals surface area contributed by atoms with Gasteiger partial charge in [0.05, 0.1) is 4.92 Å². The van der Waals surface area contributed by atoms with E-state index in [4.69, 9.17) is 5.73 Å². The van der Waals surface area contributed by atoms with Crippen molar-refractivity contribution < 1.29 is 4.92 Å². The van der Waals surface area contributed by atoms with Crippen LogP contribution in [0.5, 0.6) is 0 Å². The molecule has 1 saturated heterocycles. The normalized spacial score (nSPS) is 24.7. The van der Waals surface area contributed by atoms with Gasteiger partial charge in [0, 0.05) is 25.2 Å². The molecule has 1 aliphatic heterocycles. The molecule has 92 valence electrons. The Kier molecular flexibility index (Phi) is 3.23. The number of hydrogen-bond acceptors (Lipinski definition) is 5. The molecule has 17 heavy (non-hydrogen) atoms. The first-order valence-corrected chi connectivity index (χ1v) is 5.69. The summed E-state index contributed by atoms with van der Waals surface area (Å²) in [6.45, 7) is 3.80. The number of nitrogens with two attached hydrogens (primary N) is 1. The van der Waals surface area contributed by atoms with Gasteiger partial charge in [0.15, 0.2) is 0 Å². The van der Waals surface area contributed by atoms with E-state index in [1.54, 1.807) is 6.07 Å². The molecule has 1 aromatic heterocycles. The Bertz CT molecular complexity index is 406. The molecule has 2 atom stereocenters. The monoisotopic (exact) mass is 236 g/mol. The van der Waals surface area contributed by atoms with Gasteiger partial charge in [-0.25, -0.2) is 4.98 Å². The predicted molar refractivity (Wildman–Crippen MR) is 64.9 cm³/mol. The first kappa shape index (κ1) is 11.8. The Labute approximate surface area is 99.6 Å². The quantitative estimate of drug-likeness (QED) is 0.615. The van der Waals surface area contributed by atoms with Crippen molar-refractivity contribution in [2.24, 2.45) is 11.7 Å². The zero-order valence-electron chi connectivity index (χ0n) is 9.74. The maximum Gasteiger partial charge on any atom is 0.287 e. The van der Waals surface area contributed by atoms with E-state index >= 15 is 0 Å². The van der Waals surface area contributed by atoms with Crippen LogP contribution >= 0.6 is 0 Å². The summed E-state index contributed by atoms with van der Waals surface area (Å²) in [5.74, 6) is 1.28. The highest BCUT2D eigenvalue weighted by Crippen LogP contribution is 2.22. The van der Waals surface area contributed by atoms with Crippen molar-refractivity contribution in [3.63, 3.8) is 0 Å². The van der Waals surface area contributed by atoms with E-state index in [-0.39, 0.29) is 11.7 Å². The minimum absolute atomic E-state index is 0.0171. The zero-order valence-corrected chi connectivity index (χ0v) is 9.74. The molecule has 0 bridgehead atoms. The average Bonchev–Trinajstić information content (AvgIpc) is 2.33. The topological polar surface area (TPSA) is 85.3 Å². The molecule has 0 saturated carbocycles. The van der Waals surface area contributed by atoms with E-state index in [1.165, 1.54) is 12.3 Å². The summed E-state index contributed by atoms with van der Waals surface area (Å²) in [7, 11) is 0. The summed E-state index contributed by atoms with van der Waals surface area (Å²) in [5, 5.41) is 10.5. The van der Waals surface area contributed by atoms with Gasteiger partial charge in [-0.15, -0.1) is 0 Å². The van der Waals surface area contributed by atoms with Crippen LogP contribution in [-0.2, 0) is 0 Å². The highest BCUT2D eigenvalue weighted by atomic mass is 16.6. The molecular weight excluding hydrogens is 220 g/mol. The van der Waals surface area contributed by atoms with Crippen LogP contribution in [0.15, 0.2) is 18.3 Å². The second-order valence-corrected chi connectivity index (χ2v) is 4.51. The van der Waals surface area contributed by atoms with E-state index in [0.717, 1.165) is 25.3 Å². The molecule has 0 radical (unpaired) electrons. The van der Waals surface area contributed by atoms with Crippen LogP contribution in [0.3, 0.4) is 0 Å². The van der Waals surface area contributed by atoms with Crippen LogP contribution in [0.25, 0.3) is 0 Å². The number of hydrogen-bond donors (Lipinski definition) is 1. The largest absolute Gasteiger partial charge is 0.355 e. The number of pyridine rings is 1. The lowest BCUT2D eigenvalue weighted by Gasteiger charge is -2.35. The minimum Gasteiger partial charge on any atom is -0.355 e. The highest BCUT2D eigenvalue weighted by molar-refractivity contribution is 5.43. The Morgan fingerprint density at radius 3 is 2.88 bits per heavy atom. The summed E-state index contributed by atoms with van der Waals surface area (Å²) >= 11 is 0. The molecule has 1 fully saturated rings. The van der Waals surface area contributed by atoms with Crippen LogP contribution < -0.4 is 10.6 Å². The average molecular weight is 236 g/mol. The lowest BCUT2D eigenvalue weighted by Crippen LogP contribution is -2.47. The van der Waals surface area contributed by atoms with Crippen molar-refractivity contribution in [1.82, 2.24) is 4.98 Å². The lowest BCUT2D eigenvalue weighted by molar-refractivity contribution is -0.385. The van der Waals surface area contributed by atoms with Gasteiger partial charge < -0.3 is 10.6 Å². The van der Waals surface area contributed by atoms with Gasteiger partial charge in [0.1, 0.15) is 12.0 Å². The SMILES string of the molecule is CC1CCN(c2ccc([N+](=O)[O-])cn2)CC1N. The van der Waals surface area contributed by atoms with E-state index < -0.39 is 4.92 Å². The second kappa shape index (κ2) is 4.67. The van der Waals surface area contributed by atoms with Crippen molar-refractivity contribution >= 4 is 11.5 Å². The number of anilines is 1. The van der Waals surface area contributed by atoms with Crippen LogP contribution in [0.2, 0.25) is 0 Å². The number of rotatable bonds is 2. The van der Waals surface area contributed by atoms with Gasteiger partial charge in [0.2, 0.25) is 0 Å². The third kappa shape index (κ3) is 2.52. The van der Waals surface area contributed by atoms with Gasteiger partial charge in [-0.2, -0.15) is 0 Å². The molecule has 0 amide bonds. The Morgan fingerprint density at radius 2 is 2.35 bits per heavy atom. The first-order valence-electron chi connectivity index (χ1n) is 5.69. The van der Waals surface area contributed by atoms with E-state index in [2.05, 4.69) is 16.8 Å². The smallest absolute Gasteiger partial charge is 0.287 e. The molecule has 0 aliphatic carbocycles. The van der Waals surface area contributed by atoms with Gasteiger partial charge in [0.25, 0.3) is 5.69 Å². The fourth-order valence-electron chi connectivity index (χ4n) is 1.98. The molecule has 1 aliphatic rings. The van der Waals surface area contributed by atoms with Gasteiger partial charge >= 0.3 is 0 Å². The summed E-state index contributed by atoms with van der Waals surface area (Å²) < 4.78 is 0. The third-order valence-electron chi connectivity index (χ3n) is 3.28. The van der Waals surface area contributed by atoms with Crippen LogP contribution in [-0.4, -0.2) is 29.0 Å². The van der Waals surface area contributed by atoms with Crippen molar-refractivity contribution in [1.29, 1.82) is 0 Å². The Balaban J connectivity index is 2.10. The van der Waals surface area contributed by atoms with Gasteiger partial charge in [-0.1, -0.05) is 6.92 Å². The number of nitro groups is 1. The first-order chi connectivity index (χ1) is 8.08. The summed E-state index contributed by atoms with van der Waals surface area (Å²) in [4.78, 5) is 16.3. The maximum atomic E-state index is 10.5. The highest BCUT2D eigenvalue weighted by Gasteiger charge is 2.24. The predicted octanol–water partition coefficient (Wildman–Crippen LogP) is 1.16. The molecule has 2 unspecified atom stereocenters. The molecule has 0 aromatic carbocycles. The molecule has 2 heterocycles. The van der Waals surface area contributed by atoms with Gasteiger partial charge in [-0.05, 0) is 18.4 Å². The fourth-order valence-corrected chi connectivity index (χ4v) is 1.98. The molecule has 2 rings (SSSR count). The van der Waals surface area contributed by atoms with Crippen molar-refractivity contribution in [3.8, 4) is 0 Å². The Morgan fingerprint density at radius 1 is 1.59 bits per heavy atom.